The summed E-state index contributed by atoms with van der Waals surface area (Å²) in [7, 11) is 5.20. The van der Waals surface area contributed by atoms with Gasteiger partial charge in [0.1, 0.15) is 0 Å². The quantitative estimate of drug-likeness (QED) is 0.371. The molecule has 1 nitrogen and oxygen atoms in total. The van der Waals surface area contributed by atoms with Crippen LogP contribution < -0.4 is 0 Å². The average Bonchev–Trinajstić information content (AvgIpc) is 1.79. The van der Waals surface area contributed by atoms with E-state index in [1.807, 2.05) is 0 Å². The fourth-order valence-corrected chi connectivity index (χ4v) is 0.258. The third-order valence-electron chi connectivity index (χ3n) is 0.908. The topological polar surface area (TPSA) is 3.01 Å². The van der Waals surface area contributed by atoms with Crippen LogP contribution in [0.3, 0.4) is 0 Å². The Morgan fingerprint density at radius 3 is 2.20 bits per heavy atom. The van der Waals surface area contributed by atoms with Crippen LogP contribution in [-0.4, -0.2) is 17.5 Å². The molecule has 2 radical (unpaired) electrons. The first-order valence-electron chi connectivity index (χ1n) is 1.82. The van der Waals surface area contributed by atoms with E-state index in [9.17, 15) is 0 Å². The molecule has 0 aromatic carbocycles. The Balaban J connectivity index is 2.20. The number of rotatable bonds is 0. The third kappa shape index (κ3) is 0.428. The summed E-state index contributed by atoms with van der Waals surface area (Å²) >= 11 is 0. The van der Waals surface area contributed by atoms with E-state index >= 15 is 0 Å². The first-order valence-corrected chi connectivity index (χ1v) is 1.82. The highest BCUT2D eigenvalue weighted by Crippen LogP contribution is 2.11. The molecule has 1 aliphatic heterocycles. The second-order valence-electron chi connectivity index (χ2n) is 1.55. The Kier molecular flexibility index (Phi) is 0.453. The molecule has 0 aliphatic carbocycles. The molecule has 1 rings (SSSR count). The summed E-state index contributed by atoms with van der Waals surface area (Å²) in [5.41, 5.74) is 0. The van der Waals surface area contributed by atoms with Crippen molar-refractivity contribution in [3.8, 4) is 0 Å². The lowest BCUT2D eigenvalue weighted by Crippen LogP contribution is -1.79. The molecule has 0 bridgehead atoms. The molecule has 0 aromatic heterocycles. The fourth-order valence-electron chi connectivity index (χ4n) is 0.258. The van der Waals surface area contributed by atoms with Crippen LogP contribution in [-0.2, 0) is 0 Å². The second kappa shape index (κ2) is 0.716. The number of hydrogen-bond acceptors (Lipinski definition) is 1. The van der Waals surface area contributed by atoms with E-state index in [0.29, 0.717) is 6.04 Å². The summed E-state index contributed by atoms with van der Waals surface area (Å²) in [6, 6.07) is 0.662. The first-order chi connectivity index (χ1) is 2.30. The molecular formula is C4H7N. The van der Waals surface area contributed by atoms with E-state index in [2.05, 4.69) is 6.92 Å². The average molecular weight is 69.1 g/mol. The molecule has 1 saturated heterocycles. The van der Waals surface area contributed by atoms with E-state index in [1.165, 1.54) is 0 Å². The van der Waals surface area contributed by atoms with Crippen LogP contribution in [0.5, 0.6) is 0 Å². The SMILES string of the molecule is [CH]N1CC1C. The zero-order chi connectivity index (χ0) is 3.86. The van der Waals surface area contributed by atoms with Gasteiger partial charge in [0.05, 0.1) is 0 Å². The van der Waals surface area contributed by atoms with Gasteiger partial charge in [0.2, 0.25) is 0 Å². The summed E-state index contributed by atoms with van der Waals surface area (Å²) in [6.07, 6.45) is 0. The molecular weight excluding hydrogens is 62.1 g/mol. The molecule has 5 heavy (non-hydrogen) atoms. The minimum Gasteiger partial charge on any atom is -0.292 e. The van der Waals surface area contributed by atoms with Crippen LogP contribution in [0.4, 0.5) is 0 Å². The number of hydrogen-bond donors (Lipinski definition) is 0. The van der Waals surface area contributed by atoms with E-state index in [4.69, 9.17) is 7.05 Å². The smallest absolute Gasteiger partial charge is 0.0443 e. The summed E-state index contributed by atoms with van der Waals surface area (Å²) in [6.45, 7) is 3.18. The van der Waals surface area contributed by atoms with Gasteiger partial charge in [-0.1, -0.05) is 0 Å². The third-order valence-corrected chi connectivity index (χ3v) is 0.908. The van der Waals surface area contributed by atoms with Crippen molar-refractivity contribution < 1.29 is 0 Å². The van der Waals surface area contributed by atoms with E-state index in [1.54, 1.807) is 4.90 Å². The molecule has 0 saturated carbocycles. The lowest BCUT2D eigenvalue weighted by Gasteiger charge is -1.73. The van der Waals surface area contributed by atoms with Gasteiger partial charge in [0.25, 0.3) is 0 Å². The number of nitrogens with zero attached hydrogens (tertiary/aromatic N) is 1. The highest BCUT2D eigenvalue weighted by Gasteiger charge is 2.23. The Morgan fingerprint density at radius 1 is 2.00 bits per heavy atom. The summed E-state index contributed by atoms with van der Waals surface area (Å²) in [5, 5.41) is 0. The molecule has 0 N–H and O–H groups in total. The van der Waals surface area contributed by atoms with Gasteiger partial charge in [0, 0.05) is 19.6 Å². The zero-order valence-corrected chi connectivity index (χ0v) is 3.31. The Bertz CT molecular complexity index is 36.9. The molecule has 1 fully saturated rings. The molecule has 0 amide bonds. The highest BCUT2D eigenvalue weighted by atomic mass is 15.3. The van der Waals surface area contributed by atoms with E-state index in [0.717, 1.165) is 6.54 Å². The molecule has 2 atom stereocenters. The molecule has 0 spiro atoms. The second-order valence-corrected chi connectivity index (χ2v) is 1.55. The predicted molar refractivity (Wildman–Crippen MR) is 20.5 cm³/mol. The van der Waals surface area contributed by atoms with Crippen molar-refractivity contribution in [2.24, 2.45) is 0 Å². The van der Waals surface area contributed by atoms with Crippen molar-refractivity contribution in [3.05, 3.63) is 7.05 Å². The van der Waals surface area contributed by atoms with Crippen LogP contribution >= 0.6 is 0 Å². The van der Waals surface area contributed by atoms with Crippen LogP contribution in [0.25, 0.3) is 0 Å². The van der Waals surface area contributed by atoms with Gasteiger partial charge in [-0.15, -0.1) is 0 Å². The zero-order valence-electron chi connectivity index (χ0n) is 3.31. The van der Waals surface area contributed by atoms with Crippen molar-refractivity contribution in [3.63, 3.8) is 0 Å². The lowest BCUT2D eigenvalue weighted by molar-refractivity contribution is 0.696. The lowest BCUT2D eigenvalue weighted by atomic mass is 10.6. The maximum atomic E-state index is 5.20. The molecule has 1 heteroatoms. The summed E-state index contributed by atoms with van der Waals surface area (Å²) in [5.74, 6) is 0. The van der Waals surface area contributed by atoms with Gasteiger partial charge < -0.3 is 0 Å². The van der Waals surface area contributed by atoms with Crippen LogP contribution in [0, 0.1) is 7.05 Å². The van der Waals surface area contributed by atoms with Crippen molar-refractivity contribution in [2.75, 3.05) is 6.54 Å². The Hall–Kier alpha value is -0.0400. The molecule has 0 aromatic rings. The molecule has 28 valence electrons. The highest BCUT2D eigenvalue weighted by molar-refractivity contribution is 4.82. The van der Waals surface area contributed by atoms with Crippen LogP contribution in [0.1, 0.15) is 6.92 Å². The van der Waals surface area contributed by atoms with Crippen LogP contribution in [0.2, 0.25) is 0 Å². The van der Waals surface area contributed by atoms with Crippen LogP contribution in [0.15, 0.2) is 0 Å². The van der Waals surface area contributed by atoms with Gasteiger partial charge in [-0.2, -0.15) is 0 Å². The minimum absolute atomic E-state index is 0.662. The fraction of sp³-hybridized carbons (Fsp3) is 0.750. The largest absolute Gasteiger partial charge is 0.292 e. The van der Waals surface area contributed by atoms with Crippen molar-refractivity contribution in [2.45, 2.75) is 13.0 Å². The first kappa shape index (κ1) is 3.16. The van der Waals surface area contributed by atoms with E-state index in [-0.39, 0.29) is 0 Å². The maximum Gasteiger partial charge on any atom is 0.0443 e. The molecule has 1 aliphatic rings. The van der Waals surface area contributed by atoms with E-state index < -0.39 is 0 Å². The van der Waals surface area contributed by atoms with Gasteiger partial charge in [0.15, 0.2) is 0 Å². The predicted octanol–water partition coefficient (Wildman–Crippen LogP) is 0.359. The normalized spacial score (nSPS) is 49.2. The summed E-state index contributed by atoms with van der Waals surface area (Å²) < 4.78 is 0. The molecule has 1 heterocycles. The minimum atomic E-state index is 0.662. The molecule has 2 unspecified atom stereocenters. The monoisotopic (exact) mass is 69.1 g/mol. The van der Waals surface area contributed by atoms with Crippen molar-refractivity contribution in [1.29, 1.82) is 0 Å². The van der Waals surface area contributed by atoms with Gasteiger partial charge in [-0.05, 0) is 6.92 Å². The standard InChI is InChI=1S/C4H7N/c1-4-3-5(4)2/h2,4H,3H2,1H3. The van der Waals surface area contributed by atoms with Gasteiger partial charge in [-0.3, -0.25) is 4.90 Å². The van der Waals surface area contributed by atoms with Gasteiger partial charge in [-0.25, -0.2) is 0 Å². The Morgan fingerprint density at radius 2 is 2.20 bits per heavy atom. The van der Waals surface area contributed by atoms with Crippen molar-refractivity contribution >= 4 is 0 Å². The maximum absolute atomic E-state index is 5.20. The van der Waals surface area contributed by atoms with Crippen molar-refractivity contribution in [1.82, 2.24) is 4.90 Å². The van der Waals surface area contributed by atoms with Gasteiger partial charge >= 0.3 is 0 Å². The Labute approximate surface area is 32.6 Å². The summed E-state index contributed by atoms with van der Waals surface area (Å²) in [4.78, 5) is 1.79.